The molecule has 0 bridgehead atoms. The van der Waals surface area contributed by atoms with Crippen LogP contribution in [0.2, 0.25) is 7.85 Å². The molecule has 2 saturated heterocycles. The van der Waals surface area contributed by atoms with Crippen LogP contribution in [0.25, 0.3) is 11.0 Å². The molecule has 2 aliphatic rings. The topological polar surface area (TPSA) is 103 Å². The zero-order valence-electron chi connectivity index (χ0n) is 26.8. The van der Waals surface area contributed by atoms with Crippen LogP contribution in [0.5, 0.6) is 0 Å². The van der Waals surface area contributed by atoms with E-state index in [2.05, 4.69) is 18.4 Å². The molecule has 2 aliphatic heterocycles. The normalized spacial score (nSPS) is 19.6. The minimum atomic E-state index is -3.23. The first kappa shape index (κ1) is 33.8. The van der Waals surface area contributed by atoms with Gasteiger partial charge in [-0.25, -0.2) is 0 Å². The number of ether oxygens (including phenoxy) is 3. The zero-order chi connectivity index (χ0) is 31.1. The third-order valence-corrected chi connectivity index (χ3v) is 19.7. The molecule has 43 heavy (non-hydrogen) atoms. The number of nitrogens with zero attached hydrogens (tertiary/aromatic N) is 4. The molecule has 4 rings (SSSR count). The number of unbranched alkanes of at least 4 members (excludes halogenated alkanes) is 1. The number of rotatable bonds is 11. The van der Waals surface area contributed by atoms with E-state index in [1.807, 2.05) is 49.9 Å². The quantitative estimate of drug-likeness (QED) is 0.310. The van der Waals surface area contributed by atoms with E-state index in [0.717, 1.165) is 28.1 Å². The number of piperidine rings is 1. The molecule has 3 heterocycles. The van der Waals surface area contributed by atoms with Gasteiger partial charge in [0.15, 0.2) is 0 Å². The number of benzene rings is 1. The van der Waals surface area contributed by atoms with Gasteiger partial charge in [0, 0.05) is 0 Å². The van der Waals surface area contributed by atoms with Crippen LogP contribution in [0.4, 0.5) is 4.79 Å². The molecule has 1 aromatic heterocycles. The van der Waals surface area contributed by atoms with Gasteiger partial charge in [-0.05, 0) is 0 Å². The van der Waals surface area contributed by atoms with Crippen molar-refractivity contribution in [3.05, 3.63) is 30.1 Å². The van der Waals surface area contributed by atoms with E-state index < -0.39 is 33.1 Å². The zero-order valence-corrected chi connectivity index (χ0v) is 30.1. The molecule has 2 atom stereocenters. The standard InChI is InChI=1S/C15H25N2O4.C13H15N2O2.C4H9.In/c1-15(2,3)21-14(19)17-6-4-5-12(11-17)13(18)16-7-9-20-10-8-16;1-17-9-5-4-8-15-12-7-3-2-6-11(12)14-13(15)10-16;1-4(2)3;/h4,12H,5-11H2,1-3H3;2-3,6-7H,4-5,8-9H2,1H3;4H,1H2,2-3H3;. The summed E-state index contributed by atoms with van der Waals surface area (Å²) in [5.41, 5.74) is 1.14. The Balaban J connectivity index is 1.68. The summed E-state index contributed by atoms with van der Waals surface area (Å²) >= 11 is -3.23. The number of aryl methyl sites for hydroxylation is 1. The van der Waals surface area contributed by atoms with Crippen molar-refractivity contribution in [2.75, 3.05) is 53.1 Å². The fourth-order valence-corrected chi connectivity index (χ4v) is 17.1. The Bertz CT molecular complexity index is 1250. The molecule has 0 spiro atoms. The number of morpholine rings is 1. The third-order valence-electron chi connectivity index (χ3n) is 8.29. The van der Waals surface area contributed by atoms with Crippen molar-refractivity contribution in [2.24, 2.45) is 11.8 Å². The second-order valence-corrected chi connectivity index (χ2v) is 22.4. The second kappa shape index (κ2) is 15.3. The van der Waals surface area contributed by atoms with Crippen molar-refractivity contribution in [3.8, 4) is 0 Å². The van der Waals surface area contributed by atoms with Gasteiger partial charge in [-0.15, -0.1) is 0 Å². The van der Waals surface area contributed by atoms with Gasteiger partial charge in [0.25, 0.3) is 0 Å². The maximum absolute atomic E-state index is 14.7. The fraction of sp³-hybridized carbons (Fsp3) is 0.688. The Morgan fingerprint density at radius 2 is 1.79 bits per heavy atom. The predicted octanol–water partition coefficient (Wildman–Crippen LogP) is 4.82. The van der Waals surface area contributed by atoms with Gasteiger partial charge in [-0.3, -0.25) is 0 Å². The molecule has 0 radical (unpaired) electrons. The molecule has 11 heteroatoms. The number of fused-ring (bicyclic) bond motifs is 1. The van der Waals surface area contributed by atoms with Crippen molar-refractivity contribution >= 4 is 48.0 Å². The van der Waals surface area contributed by atoms with Crippen LogP contribution in [-0.4, -0.2) is 115 Å². The minimum absolute atomic E-state index is 0.00490. The van der Waals surface area contributed by atoms with E-state index in [9.17, 15) is 14.4 Å². The molecule has 2 unspecified atom stereocenters. The molecule has 2 fully saturated rings. The SMILES string of the molecule is COCCCCn1c([C](=O)[In]([CH2]C(C)C)[CH]2CC(C(=O)N3CCOCC3)CN(C(=O)OC(C)(C)C)C2)nc2ccccc21. The van der Waals surface area contributed by atoms with Gasteiger partial charge < -0.3 is 0 Å². The molecule has 0 N–H and O–H groups in total. The van der Waals surface area contributed by atoms with E-state index in [1.165, 1.54) is 0 Å². The van der Waals surface area contributed by atoms with E-state index in [-0.39, 0.29) is 19.0 Å². The van der Waals surface area contributed by atoms with Crippen LogP contribution in [0.3, 0.4) is 0 Å². The fourth-order valence-electron chi connectivity index (χ4n) is 6.32. The van der Waals surface area contributed by atoms with Crippen LogP contribution in [0.15, 0.2) is 24.3 Å². The summed E-state index contributed by atoms with van der Waals surface area (Å²) < 4.78 is 19.7. The Hall–Kier alpha value is -2.11. The monoisotopic (exact) mass is 700 g/mol. The number of likely N-dealkylation sites (tertiary alicyclic amines) is 1. The van der Waals surface area contributed by atoms with Crippen molar-refractivity contribution in [1.82, 2.24) is 19.4 Å². The predicted molar refractivity (Wildman–Crippen MR) is 168 cm³/mol. The number of imidazole rings is 1. The number of para-hydroxylation sites is 2. The Labute approximate surface area is 263 Å². The van der Waals surface area contributed by atoms with Gasteiger partial charge in [0.2, 0.25) is 0 Å². The average Bonchev–Trinajstić information content (AvgIpc) is 3.35. The van der Waals surface area contributed by atoms with Crippen molar-refractivity contribution in [1.29, 1.82) is 0 Å². The molecular formula is C32H49InN4O6. The maximum atomic E-state index is 14.7. The molecule has 10 nitrogen and oxygen atoms in total. The first-order valence-electron chi connectivity index (χ1n) is 15.8. The third kappa shape index (κ3) is 8.97. The molecule has 0 saturated carbocycles. The van der Waals surface area contributed by atoms with Gasteiger partial charge in [0.05, 0.1) is 0 Å². The molecule has 1 aromatic carbocycles. The van der Waals surface area contributed by atoms with Gasteiger partial charge >= 0.3 is 265 Å². The van der Waals surface area contributed by atoms with Crippen LogP contribution in [0.1, 0.15) is 64.5 Å². The van der Waals surface area contributed by atoms with Crippen molar-refractivity contribution < 1.29 is 28.6 Å². The first-order chi connectivity index (χ1) is 20.5. The summed E-state index contributed by atoms with van der Waals surface area (Å²) in [6, 6.07) is 7.94. The number of carbonyl (C=O) groups is 3. The van der Waals surface area contributed by atoms with Crippen LogP contribution < -0.4 is 0 Å². The summed E-state index contributed by atoms with van der Waals surface area (Å²) in [6.07, 6.45) is 1.99. The summed E-state index contributed by atoms with van der Waals surface area (Å²) in [5.74, 6) is 0.561. The Morgan fingerprint density at radius 3 is 2.47 bits per heavy atom. The number of hydrogen-bond donors (Lipinski definition) is 0. The van der Waals surface area contributed by atoms with Gasteiger partial charge in [-0.2, -0.15) is 0 Å². The van der Waals surface area contributed by atoms with Crippen molar-refractivity contribution in [3.63, 3.8) is 0 Å². The van der Waals surface area contributed by atoms with Gasteiger partial charge in [-0.1, -0.05) is 0 Å². The summed E-state index contributed by atoms with van der Waals surface area (Å²) in [7, 11) is 1.70. The molecular weight excluding hydrogens is 651 g/mol. The number of aromatic nitrogens is 2. The van der Waals surface area contributed by atoms with Gasteiger partial charge in [0.1, 0.15) is 0 Å². The number of methoxy groups -OCH3 is 1. The van der Waals surface area contributed by atoms with E-state index in [4.69, 9.17) is 19.2 Å². The molecule has 0 aliphatic carbocycles. The summed E-state index contributed by atoms with van der Waals surface area (Å²) in [4.78, 5) is 50.3. The van der Waals surface area contributed by atoms with Crippen LogP contribution >= 0.6 is 0 Å². The van der Waals surface area contributed by atoms with Crippen molar-refractivity contribution in [2.45, 2.75) is 73.9 Å². The average molecular weight is 701 g/mol. The Morgan fingerprint density at radius 1 is 1.07 bits per heavy atom. The van der Waals surface area contributed by atoms with E-state index >= 15 is 0 Å². The van der Waals surface area contributed by atoms with Crippen LogP contribution in [0, 0.1) is 11.8 Å². The first-order valence-corrected chi connectivity index (χ1v) is 21.7. The van der Waals surface area contributed by atoms with E-state index in [0.29, 0.717) is 70.7 Å². The van der Waals surface area contributed by atoms with E-state index in [1.54, 1.807) is 12.0 Å². The molecule has 236 valence electrons. The molecule has 2 amide bonds. The summed E-state index contributed by atoms with van der Waals surface area (Å²) in [5, 5.41) is 0. The Kier molecular flexibility index (Phi) is 12.0. The van der Waals surface area contributed by atoms with Crippen LogP contribution in [-0.2, 0) is 25.5 Å². The number of amides is 2. The molecule has 2 aromatic rings. The number of hydrogen-bond acceptors (Lipinski definition) is 7. The summed E-state index contributed by atoms with van der Waals surface area (Å²) in [6.45, 7) is 14.2. The number of carbonyl (C=O) groups excluding carboxylic acids is 3. The second-order valence-electron chi connectivity index (χ2n) is 13.4.